The molecule has 5 heteroatoms. The van der Waals surface area contributed by atoms with Crippen molar-refractivity contribution in [2.24, 2.45) is 5.73 Å². The maximum Gasteiger partial charge on any atom is 0.223 e. The Labute approximate surface area is 58.6 Å². The summed E-state index contributed by atoms with van der Waals surface area (Å²) in [5.74, 6) is -0.120. The molecule has 0 aliphatic carbocycles. The van der Waals surface area contributed by atoms with Crippen LogP contribution >= 0.6 is 0 Å². The van der Waals surface area contributed by atoms with Crippen molar-refractivity contribution >= 4 is 5.91 Å². The van der Waals surface area contributed by atoms with Crippen molar-refractivity contribution in [1.29, 1.82) is 0 Å². The van der Waals surface area contributed by atoms with Crippen LogP contribution in [0.15, 0.2) is 0 Å². The number of aliphatic hydroxyl groups excluding tert-OH is 1. The van der Waals surface area contributed by atoms with E-state index >= 15 is 0 Å². The van der Waals surface area contributed by atoms with E-state index in [-0.39, 0.29) is 18.6 Å². The summed E-state index contributed by atoms with van der Waals surface area (Å²) in [5.41, 5.74) is 5.34. The first-order valence-corrected chi connectivity index (χ1v) is 3.14. The van der Waals surface area contributed by atoms with Gasteiger partial charge in [0.1, 0.15) is 6.29 Å². The quantitative estimate of drug-likeness (QED) is 0.334. The van der Waals surface area contributed by atoms with Crippen molar-refractivity contribution in [3.05, 3.63) is 0 Å². The molecule has 0 saturated carbocycles. The van der Waals surface area contributed by atoms with Crippen LogP contribution in [-0.4, -0.2) is 30.0 Å². The van der Waals surface area contributed by atoms with Gasteiger partial charge in [-0.25, -0.2) is 0 Å². The van der Waals surface area contributed by atoms with E-state index in [4.69, 9.17) is 10.8 Å². The minimum atomic E-state index is -0.515. The molecule has 10 heavy (non-hydrogen) atoms. The first-order valence-electron chi connectivity index (χ1n) is 3.14. The molecule has 58 valence electrons. The number of nitrogens with one attached hydrogen (secondary N) is 2. The fourth-order valence-corrected chi connectivity index (χ4v) is 0.928. The van der Waals surface area contributed by atoms with Gasteiger partial charge in [0.15, 0.2) is 0 Å². The summed E-state index contributed by atoms with van der Waals surface area (Å²) >= 11 is 0. The molecule has 2 unspecified atom stereocenters. The van der Waals surface area contributed by atoms with Crippen LogP contribution < -0.4 is 16.4 Å². The molecule has 2 atom stereocenters. The molecule has 0 spiro atoms. The summed E-state index contributed by atoms with van der Waals surface area (Å²) in [6.07, 6.45) is -0.220. The molecular formula is C5H11N3O2. The highest BCUT2D eigenvalue weighted by atomic mass is 16.3. The topological polar surface area (TPSA) is 87.4 Å². The Morgan fingerprint density at radius 2 is 2.50 bits per heavy atom. The Kier molecular flexibility index (Phi) is 2.21. The monoisotopic (exact) mass is 145 g/mol. The summed E-state index contributed by atoms with van der Waals surface area (Å²) < 4.78 is 0. The van der Waals surface area contributed by atoms with Crippen LogP contribution in [0.4, 0.5) is 0 Å². The van der Waals surface area contributed by atoms with Crippen LogP contribution in [0.5, 0.6) is 0 Å². The maximum atomic E-state index is 10.7. The number of hydrogen-bond donors (Lipinski definition) is 4. The Morgan fingerprint density at radius 3 is 3.00 bits per heavy atom. The molecule has 0 aromatic carbocycles. The Balaban J connectivity index is 2.42. The average Bonchev–Trinajstić information content (AvgIpc) is 1.85. The number of carbonyl (C=O) groups is 1. The average molecular weight is 145 g/mol. The Bertz CT molecular complexity index is 139. The predicted molar refractivity (Wildman–Crippen MR) is 34.7 cm³/mol. The summed E-state index contributed by atoms with van der Waals surface area (Å²) in [5, 5.41) is 13.9. The molecule has 0 radical (unpaired) electrons. The smallest absolute Gasteiger partial charge is 0.223 e. The van der Waals surface area contributed by atoms with E-state index in [0.29, 0.717) is 6.42 Å². The van der Waals surface area contributed by atoms with Crippen LogP contribution in [0.1, 0.15) is 6.42 Å². The molecule has 0 aromatic heterocycles. The van der Waals surface area contributed by atoms with E-state index in [2.05, 4.69) is 10.6 Å². The van der Waals surface area contributed by atoms with Crippen LogP contribution in [0.25, 0.3) is 0 Å². The third-order valence-corrected chi connectivity index (χ3v) is 1.38. The Hall–Kier alpha value is -0.650. The van der Waals surface area contributed by atoms with Crippen molar-refractivity contribution in [1.82, 2.24) is 10.6 Å². The molecule has 1 rings (SSSR count). The molecule has 1 fully saturated rings. The number of carbonyl (C=O) groups excluding carboxylic acids is 1. The number of hydrogen-bond acceptors (Lipinski definition) is 4. The molecular weight excluding hydrogens is 134 g/mol. The van der Waals surface area contributed by atoms with Crippen LogP contribution in [0.3, 0.4) is 0 Å². The van der Waals surface area contributed by atoms with Gasteiger partial charge in [0.2, 0.25) is 5.91 Å². The molecule has 1 saturated heterocycles. The zero-order chi connectivity index (χ0) is 7.56. The molecule has 0 aromatic rings. The first kappa shape index (κ1) is 7.46. The molecule has 1 aliphatic heterocycles. The fourth-order valence-electron chi connectivity index (χ4n) is 0.928. The number of aliphatic hydroxyl groups is 1. The van der Waals surface area contributed by atoms with Crippen molar-refractivity contribution in [2.45, 2.75) is 18.8 Å². The lowest BCUT2D eigenvalue weighted by atomic mass is 10.2. The van der Waals surface area contributed by atoms with Crippen LogP contribution in [-0.2, 0) is 4.79 Å². The lowest BCUT2D eigenvalue weighted by Crippen LogP contribution is -2.61. The summed E-state index contributed by atoms with van der Waals surface area (Å²) in [6, 6.07) is -0.191. The molecule has 1 aliphatic rings. The van der Waals surface area contributed by atoms with Crippen LogP contribution in [0, 0.1) is 0 Å². The van der Waals surface area contributed by atoms with Gasteiger partial charge in [-0.3, -0.25) is 15.8 Å². The highest BCUT2D eigenvalue weighted by molar-refractivity contribution is 5.77. The van der Waals surface area contributed by atoms with E-state index < -0.39 is 6.29 Å². The van der Waals surface area contributed by atoms with E-state index in [9.17, 15) is 4.79 Å². The second-order valence-electron chi connectivity index (χ2n) is 2.30. The number of amides is 1. The zero-order valence-corrected chi connectivity index (χ0v) is 5.50. The maximum absolute atomic E-state index is 10.7. The van der Waals surface area contributed by atoms with Gasteiger partial charge in [-0.2, -0.15) is 0 Å². The van der Waals surface area contributed by atoms with Gasteiger partial charge in [0.05, 0.1) is 6.61 Å². The number of nitrogens with two attached hydrogens (primary N) is 1. The zero-order valence-electron chi connectivity index (χ0n) is 5.50. The molecule has 1 amide bonds. The van der Waals surface area contributed by atoms with Crippen LogP contribution in [0.2, 0.25) is 0 Å². The Morgan fingerprint density at radius 1 is 1.80 bits per heavy atom. The standard InChI is InChI=1S/C5H11N3O2/c6-5-7-3(2-9)1-4(10)8-5/h3,5,7,9H,1-2,6H2,(H,8,10). The summed E-state index contributed by atoms with van der Waals surface area (Å²) in [7, 11) is 0. The van der Waals surface area contributed by atoms with Crippen molar-refractivity contribution in [2.75, 3.05) is 6.61 Å². The van der Waals surface area contributed by atoms with Crippen molar-refractivity contribution in [3.8, 4) is 0 Å². The third kappa shape index (κ3) is 1.66. The van der Waals surface area contributed by atoms with Gasteiger partial charge in [-0.1, -0.05) is 0 Å². The lowest BCUT2D eigenvalue weighted by Gasteiger charge is -2.27. The largest absolute Gasteiger partial charge is 0.395 e. The normalized spacial score (nSPS) is 33.6. The predicted octanol–water partition coefficient (Wildman–Crippen LogP) is -2.30. The van der Waals surface area contributed by atoms with Gasteiger partial charge in [0, 0.05) is 12.5 Å². The third-order valence-electron chi connectivity index (χ3n) is 1.38. The van der Waals surface area contributed by atoms with Crippen molar-refractivity contribution < 1.29 is 9.90 Å². The molecule has 1 heterocycles. The van der Waals surface area contributed by atoms with Gasteiger partial charge in [-0.15, -0.1) is 0 Å². The second kappa shape index (κ2) is 2.96. The van der Waals surface area contributed by atoms with Crippen molar-refractivity contribution in [3.63, 3.8) is 0 Å². The first-order chi connectivity index (χ1) is 4.72. The highest BCUT2D eigenvalue weighted by Crippen LogP contribution is 1.96. The summed E-state index contributed by atoms with van der Waals surface area (Å²) in [4.78, 5) is 10.7. The van der Waals surface area contributed by atoms with Gasteiger partial charge in [0.25, 0.3) is 0 Å². The van der Waals surface area contributed by atoms with Gasteiger partial charge in [-0.05, 0) is 0 Å². The summed E-state index contributed by atoms with van der Waals surface area (Å²) in [6.45, 7) is -0.0544. The number of rotatable bonds is 1. The van der Waals surface area contributed by atoms with E-state index in [1.807, 2.05) is 0 Å². The fraction of sp³-hybridized carbons (Fsp3) is 0.800. The van der Waals surface area contributed by atoms with Gasteiger partial charge >= 0.3 is 0 Å². The van der Waals surface area contributed by atoms with E-state index in [0.717, 1.165) is 0 Å². The minimum Gasteiger partial charge on any atom is -0.395 e. The SMILES string of the molecule is NC1NC(=O)CC(CO)N1. The highest BCUT2D eigenvalue weighted by Gasteiger charge is 2.21. The molecule has 5 nitrogen and oxygen atoms in total. The lowest BCUT2D eigenvalue weighted by molar-refractivity contribution is -0.124. The van der Waals surface area contributed by atoms with Gasteiger partial charge < -0.3 is 10.4 Å². The molecule has 0 bridgehead atoms. The van der Waals surface area contributed by atoms with E-state index in [1.165, 1.54) is 0 Å². The minimum absolute atomic E-state index is 0.0544. The molecule has 5 N–H and O–H groups in total. The second-order valence-corrected chi connectivity index (χ2v) is 2.30. The van der Waals surface area contributed by atoms with E-state index in [1.54, 1.807) is 0 Å².